The molecule has 1 unspecified atom stereocenters. The second-order valence-corrected chi connectivity index (χ2v) is 6.06. The Hall–Kier alpha value is -3.15. The molecule has 0 bridgehead atoms. The first-order valence-electron chi connectivity index (χ1n) is 8.53. The number of pyridine rings is 1. The van der Waals surface area contributed by atoms with E-state index >= 15 is 0 Å². The van der Waals surface area contributed by atoms with Gasteiger partial charge >= 0.3 is 5.97 Å². The topological polar surface area (TPSA) is 72.7 Å². The van der Waals surface area contributed by atoms with E-state index in [1.165, 1.54) is 0 Å². The number of aromatic nitrogens is 2. The maximum absolute atomic E-state index is 12.6. The third-order valence-electron chi connectivity index (χ3n) is 4.01. The lowest BCUT2D eigenvalue weighted by Crippen LogP contribution is -2.43. The van der Waals surface area contributed by atoms with Gasteiger partial charge in [0.25, 0.3) is 5.91 Å². The van der Waals surface area contributed by atoms with Gasteiger partial charge in [-0.25, -0.2) is 9.78 Å². The van der Waals surface area contributed by atoms with Gasteiger partial charge in [-0.1, -0.05) is 30.3 Å². The second-order valence-electron chi connectivity index (χ2n) is 6.06. The number of nitrogens with one attached hydrogen (secondary N) is 1. The van der Waals surface area contributed by atoms with Crippen LogP contribution in [0.25, 0.3) is 5.65 Å². The van der Waals surface area contributed by atoms with Gasteiger partial charge < -0.3 is 14.5 Å². The summed E-state index contributed by atoms with van der Waals surface area (Å²) in [6, 6.07) is 12.6. The summed E-state index contributed by atoms with van der Waals surface area (Å²) in [5.74, 6) is -0.857. The molecule has 0 saturated heterocycles. The fourth-order valence-corrected chi connectivity index (χ4v) is 2.71. The Morgan fingerprint density at radius 2 is 2.00 bits per heavy atom. The highest BCUT2D eigenvalue weighted by atomic mass is 16.5. The van der Waals surface area contributed by atoms with Crippen LogP contribution >= 0.6 is 0 Å². The Labute approximate surface area is 151 Å². The van der Waals surface area contributed by atoms with Crippen LogP contribution in [0.15, 0.2) is 54.9 Å². The van der Waals surface area contributed by atoms with Crippen molar-refractivity contribution in [3.05, 3.63) is 71.7 Å². The summed E-state index contributed by atoms with van der Waals surface area (Å²) < 4.78 is 6.88. The van der Waals surface area contributed by atoms with Gasteiger partial charge in [0.05, 0.1) is 6.61 Å². The molecule has 1 amide bonds. The number of fused-ring (bicyclic) bond motifs is 1. The number of carbonyl (C=O) groups excluding carboxylic acids is 2. The number of hydrogen-bond acceptors (Lipinski definition) is 4. The maximum atomic E-state index is 12.6. The van der Waals surface area contributed by atoms with Crippen LogP contribution in [0.2, 0.25) is 0 Å². The molecule has 134 valence electrons. The first-order chi connectivity index (χ1) is 12.6. The van der Waals surface area contributed by atoms with Crippen molar-refractivity contribution in [3.63, 3.8) is 0 Å². The molecule has 2 aromatic heterocycles. The van der Waals surface area contributed by atoms with E-state index in [1.807, 2.05) is 55.6 Å². The van der Waals surface area contributed by atoms with Crippen molar-refractivity contribution in [1.82, 2.24) is 14.7 Å². The monoisotopic (exact) mass is 351 g/mol. The van der Waals surface area contributed by atoms with Gasteiger partial charge in [0.1, 0.15) is 17.4 Å². The quantitative estimate of drug-likeness (QED) is 0.693. The van der Waals surface area contributed by atoms with E-state index in [4.69, 9.17) is 4.74 Å². The third-order valence-corrected chi connectivity index (χ3v) is 4.01. The fourth-order valence-electron chi connectivity index (χ4n) is 2.71. The molecule has 0 aliphatic heterocycles. The molecule has 0 saturated carbocycles. The summed E-state index contributed by atoms with van der Waals surface area (Å²) in [7, 11) is 0. The average molecular weight is 351 g/mol. The van der Waals surface area contributed by atoms with Crippen LogP contribution in [-0.2, 0) is 16.0 Å². The number of esters is 1. The summed E-state index contributed by atoms with van der Waals surface area (Å²) in [5, 5.41) is 2.75. The van der Waals surface area contributed by atoms with Gasteiger partial charge in [0.15, 0.2) is 0 Å². The molecule has 3 rings (SSSR count). The Morgan fingerprint density at radius 1 is 1.23 bits per heavy atom. The third kappa shape index (κ3) is 4.08. The molecule has 1 atom stereocenters. The number of ether oxygens (including phenoxy) is 1. The number of carbonyl (C=O) groups is 2. The van der Waals surface area contributed by atoms with E-state index in [1.54, 1.807) is 17.5 Å². The normalized spacial score (nSPS) is 11.9. The zero-order valence-electron chi connectivity index (χ0n) is 14.8. The van der Waals surface area contributed by atoms with Crippen LogP contribution in [0.1, 0.15) is 28.5 Å². The minimum absolute atomic E-state index is 0.258. The van der Waals surface area contributed by atoms with Gasteiger partial charge in [0, 0.05) is 18.8 Å². The van der Waals surface area contributed by atoms with Crippen molar-refractivity contribution in [2.24, 2.45) is 0 Å². The predicted molar refractivity (Wildman–Crippen MR) is 98.0 cm³/mol. The van der Waals surface area contributed by atoms with Gasteiger partial charge in [-0.15, -0.1) is 0 Å². The van der Waals surface area contributed by atoms with Gasteiger partial charge in [-0.3, -0.25) is 4.79 Å². The predicted octanol–water partition coefficient (Wildman–Crippen LogP) is 2.55. The number of rotatable bonds is 6. The highest BCUT2D eigenvalue weighted by Crippen LogP contribution is 2.09. The lowest BCUT2D eigenvalue weighted by molar-refractivity contribution is -0.145. The molecule has 1 aromatic carbocycles. The van der Waals surface area contributed by atoms with Crippen LogP contribution < -0.4 is 5.32 Å². The SMILES string of the molecule is CCOC(=O)C(Cc1ccccc1)NC(=O)c1cn2ccc(C)cc2n1. The summed E-state index contributed by atoms with van der Waals surface area (Å²) >= 11 is 0. The first-order valence-corrected chi connectivity index (χ1v) is 8.53. The van der Waals surface area contributed by atoms with Crippen molar-refractivity contribution in [1.29, 1.82) is 0 Å². The Balaban J connectivity index is 1.79. The Kier molecular flexibility index (Phi) is 5.31. The summed E-state index contributed by atoms with van der Waals surface area (Å²) in [4.78, 5) is 29.2. The van der Waals surface area contributed by atoms with Crippen LogP contribution in [-0.4, -0.2) is 33.9 Å². The summed E-state index contributed by atoms with van der Waals surface area (Å²) in [6.07, 6.45) is 3.86. The molecular weight excluding hydrogens is 330 g/mol. The lowest BCUT2D eigenvalue weighted by Gasteiger charge is -2.16. The van der Waals surface area contributed by atoms with Crippen molar-refractivity contribution in [2.75, 3.05) is 6.61 Å². The lowest BCUT2D eigenvalue weighted by atomic mass is 10.1. The number of benzene rings is 1. The minimum atomic E-state index is -0.767. The smallest absolute Gasteiger partial charge is 0.328 e. The largest absolute Gasteiger partial charge is 0.464 e. The molecule has 0 radical (unpaired) electrons. The maximum Gasteiger partial charge on any atom is 0.328 e. The molecular formula is C20H21N3O3. The molecule has 2 heterocycles. The van der Waals surface area contributed by atoms with E-state index in [-0.39, 0.29) is 12.3 Å². The van der Waals surface area contributed by atoms with Crippen molar-refractivity contribution in [3.8, 4) is 0 Å². The van der Waals surface area contributed by atoms with Gasteiger partial charge in [0.2, 0.25) is 0 Å². The Morgan fingerprint density at radius 3 is 2.73 bits per heavy atom. The van der Waals surface area contributed by atoms with E-state index in [2.05, 4.69) is 10.3 Å². The van der Waals surface area contributed by atoms with E-state index in [9.17, 15) is 9.59 Å². The molecule has 1 N–H and O–H groups in total. The molecule has 0 aliphatic carbocycles. The standard InChI is InChI=1S/C20H21N3O3/c1-3-26-20(25)16(12-15-7-5-4-6-8-15)22-19(24)17-13-23-10-9-14(2)11-18(23)21-17/h4-11,13,16H,3,12H2,1-2H3,(H,22,24). The van der Waals surface area contributed by atoms with Crippen LogP contribution in [0.5, 0.6) is 0 Å². The molecule has 0 aliphatic rings. The van der Waals surface area contributed by atoms with Crippen LogP contribution in [0, 0.1) is 6.92 Å². The van der Waals surface area contributed by atoms with Crippen LogP contribution in [0.4, 0.5) is 0 Å². The Bertz CT molecular complexity index is 918. The molecule has 3 aromatic rings. The summed E-state index contributed by atoms with van der Waals surface area (Å²) in [6.45, 7) is 3.96. The molecule has 0 spiro atoms. The number of aryl methyl sites for hydroxylation is 1. The first kappa shape index (κ1) is 17.7. The molecule has 0 fully saturated rings. The number of imidazole rings is 1. The van der Waals surface area contributed by atoms with E-state index in [0.717, 1.165) is 11.1 Å². The molecule has 6 nitrogen and oxygen atoms in total. The van der Waals surface area contributed by atoms with Gasteiger partial charge in [-0.2, -0.15) is 0 Å². The van der Waals surface area contributed by atoms with Crippen molar-refractivity contribution < 1.29 is 14.3 Å². The molecule has 6 heteroatoms. The average Bonchev–Trinajstić information content (AvgIpc) is 3.05. The minimum Gasteiger partial charge on any atom is -0.464 e. The van der Waals surface area contributed by atoms with E-state index < -0.39 is 17.9 Å². The molecule has 26 heavy (non-hydrogen) atoms. The number of nitrogens with zero attached hydrogens (tertiary/aromatic N) is 2. The zero-order valence-corrected chi connectivity index (χ0v) is 14.8. The van der Waals surface area contributed by atoms with Gasteiger partial charge in [-0.05, 0) is 37.1 Å². The highest BCUT2D eigenvalue weighted by molar-refractivity contribution is 5.95. The fraction of sp³-hybridized carbons (Fsp3) is 0.250. The highest BCUT2D eigenvalue weighted by Gasteiger charge is 2.24. The number of hydrogen-bond donors (Lipinski definition) is 1. The number of amides is 1. The van der Waals surface area contributed by atoms with Crippen LogP contribution in [0.3, 0.4) is 0 Å². The van der Waals surface area contributed by atoms with E-state index in [0.29, 0.717) is 12.1 Å². The zero-order chi connectivity index (χ0) is 18.5. The summed E-state index contributed by atoms with van der Waals surface area (Å²) in [5.41, 5.74) is 2.95. The van der Waals surface area contributed by atoms with Crippen molar-refractivity contribution in [2.45, 2.75) is 26.3 Å². The second kappa shape index (κ2) is 7.82. The van der Waals surface area contributed by atoms with Crippen molar-refractivity contribution >= 4 is 17.5 Å².